The van der Waals surface area contributed by atoms with Gasteiger partial charge < -0.3 is 20.9 Å². The first-order chi connectivity index (χ1) is 9.49. The topological polar surface area (TPSA) is 84.6 Å². The minimum absolute atomic E-state index is 0.113. The number of rotatable bonds is 9. The van der Waals surface area contributed by atoms with Gasteiger partial charge in [0, 0.05) is 13.1 Å². The van der Waals surface area contributed by atoms with Crippen molar-refractivity contribution in [1.29, 1.82) is 0 Å². The predicted octanol–water partition coefficient (Wildman–Crippen LogP) is 1.19. The van der Waals surface area contributed by atoms with Crippen LogP contribution < -0.4 is 15.8 Å². The van der Waals surface area contributed by atoms with Gasteiger partial charge in [-0.15, -0.1) is 0 Å². The smallest absolute Gasteiger partial charge is 0.255 e. The molecule has 20 heavy (non-hydrogen) atoms. The van der Waals surface area contributed by atoms with E-state index in [1.54, 1.807) is 12.1 Å². The third kappa shape index (κ3) is 5.59. The van der Waals surface area contributed by atoms with Crippen LogP contribution in [0.15, 0.2) is 24.3 Å². The van der Waals surface area contributed by atoms with E-state index in [2.05, 4.69) is 5.32 Å². The normalized spacial score (nSPS) is 11.3. The standard InChI is InChI=1S/C15H24N2O3/c1-3-15(19,4-2)11-17-9-12-5-7-13(8-6-12)20-10-14(16)18/h5-8,17,19H,3-4,9-11H2,1-2H3,(H2,16,18). The molecule has 0 fully saturated rings. The Morgan fingerprint density at radius 1 is 1.30 bits per heavy atom. The molecule has 0 saturated heterocycles. The number of primary amides is 1. The molecular weight excluding hydrogens is 256 g/mol. The second-order valence-electron chi connectivity index (χ2n) is 4.93. The van der Waals surface area contributed by atoms with E-state index in [0.717, 1.165) is 18.4 Å². The molecule has 0 saturated carbocycles. The number of hydrogen-bond donors (Lipinski definition) is 3. The highest BCUT2D eigenvalue weighted by atomic mass is 16.5. The Bertz CT molecular complexity index is 414. The van der Waals surface area contributed by atoms with E-state index in [0.29, 0.717) is 18.8 Å². The molecule has 1 aromatic carbocycles. The number of carbonyl (C=O) groups is 1. The van der Waals surface area contributed by atoms with Crippen LogP contribution in [0.4, 0.5) is 0 Å². The number of ether oxygens (including phenoxy) is 1. The van der Waals surface area contributed by atoms with Crippen LogP contribution in [0.2, 0.25) is 0 Å². The van der Waals surface area contributed by atoms with Crippen molar-refractivity contribution < 1.29 is 14.6 Å². The summed E-state index contributed by atoms with van der Waals surface area (Å²) in [5.41, 5.74) is 5.46. The summed E-state index contributed by atoms with van der Waals surface area (Å²) in [5.74, 6) is 0.125. The van der Waals surface area contributed by atoms with E-state index >= 15 is 0 Å². The van der Waals surface area contributed by atoms with Crippen molar-refractivity contribution in [3.05, 3.63) is 29.8 Å². The molecule has 0 aliphatic carbocycles. The van der Waals surface area contributed by atoms with Gasteiger partial charge in [0.15, 0.2) is 6.61 Å². The second kappa shape index (κ2) is 7.87. The molecule has 0 aromatic heterocycles. The van der Waals surface area contributed by atoms with Crippen LogP contribution in [0.3, 0.4) is 0 Å². The molecule has 4 N–H and O–H groups in total. The molecule has 1 rings (SSSR count). The molecule has 0 radical (unpaired) electrons. The number of carbonyl (C=O) groups excluding carboxylic acids is 1. The zero-order chi connectivity index (χ0) is 15.0. The maximum atomic E-state index is 10.6. The summed E-state index contributed by atoms with van der Waals surface area (Å²) in [5, 5.41) is 13.4. The van der Waals surface area contributed by atoms with E-state index < -0.39 is 11.5 Å². The summed E-state index contributed by atoms with van der Waals surface area (Å²) in [7, 11) is 0. The first-order valence-corrected chi connectivity index (χ1v) is 6.92. The number of nitrogens with one attached hydrogen (secondary N) is 1. The lowest BCUT2D eigenvalue weighted by Gasteiger charge is -2.25. The number of nitrogens with two attached hydrogens (primary N) is 1. The Hall–Kier alpha value is -1.59. The first kappa shape index (κ1) is 16.5. The fraction of sp³-hybridized carbons (Fsp3) is 0.533. The van der Waals surface area contributed by atoms with Crippen LogP contribution >= 0.6 is 0 Å². The van der Waals surface area contributed by atoms with Crippen molar-refractivity contribution in [1.82, 2.24) is 5.32 Å². The molecule has 0 spiro atoms. The van der Waals surface area contributed by atoms with Crippen LogP contribution in [0, 0.1) is 0 Å². The quantitative estimate of drug-likeness (QED) is 0.634. The zero-order valence-corrected chi connectivity index (χ0v) is 12.2. The monoisotopic (exact) mass is 280 g/mol. The van der Waals surface area contributed by atoms with E-state index in [1.807, 2.05) is 26.0 Å². The Kier molecular flexibility index (Phi) is 6.48. The summed E-state index contributed by atoms with van der Waals surface area (Å²) in [6.07, 6.45) is 1.47. The van der Waals surface area contributed by atoms with Crippen LogP contribution in [0.5, 0.6) is 5.75 Å². The average molecular weight is 280 g/mol. The summed E-state index contributed by atoms with van der Waals surface area (Å²) in [6.45, 7) is 5.10. The van der Waals surface area contributed by atoms with Crippen LogP contribution in [0.1, 0.15) is 32.3 Å². The second-order valence-corrected chi connectivity index (χ2v) is 4.93. The minimum atomic E-state index is -0.634. The highest BCUT2D eigenvalue weighted by Gasteiger charge is 2.20. The van der Waals surface area contributed by atoms with E-state index in [4.69, 9.17) is 10.5 Å². The highest BCUT2D eigenvalue weighted by molar-refractivity contribution is 5.75. The third-order valence-corrected chi connectivity index (χ3v) is 3.40. The van der Waals surface area contributed by atoms with Gasteiger partial charge in [0.1, 0.15) is 5.75 Å². The van der Waals surface area contributed by atoms with Gasteiger partial charge in [-0.2, -0.15) is 0 Å². The maximum Gasteiger partial charge on any atom is 0.255 e. The number of benzene rings is 1. The van der Waals surface area contributed by atoms with Crippen LogP contribution in [-0.4, -0.2) is 29.8 Å². The molecule has 0 bridgehead atoms. The molecule has 112 valence electrons. The predicted molar refractivity (Wildman–Crippen MR) is 78.4 cm³/mol. The summed E-state index contributed by atoms with van der Waals surface area (Å²) in [6, 6.07) is 7.43. The van der Waals surface area contributed by atoms with Crippen molar-refractivity contribution in [2.45, 2.75) is 38.8 Å². The Morgan fingerprint density at radius 2 is 1.90 bits per heavy atom. The molecule has 5 nitrogen and oxygen atoms in total. The van der Waals surface area contributed by atoms with Crippen molar-refractivity contribution in [2.75, 3.05) is 13.2 Å². The van der Waals surface area contributed by atoms with Crippen molar-refractivity contribution in [2.24, 2.45) is 5.73 Å². The molecule has 0 heterocycles. The van der Waals surface area contributed by atoms with Crippen molar-refractivity contribution >= 4 is 5.91 Å². The molecule has 1 aromatic rings. The van der Waals surface area contributed by atoms with Gasteiger partial charge in [-0.3, -0.25) is 4.79 Å². The fourth-order valence-corrected chi connectivity index (χ4v) is 1.80. The number of aliphatic hydroxyl groups is 1. The van der Waals surface area contributed by atoms with Gasteiger partial charge in [-0.25, -0.2) is 0 Å². The summed E-state index contributed by atoms with van der Waals surface area (Å²) >= 11 is 0. The summed E-state index contributed by atoms with van der Waals surface area (Å²) < 4.78 is 5.18. The van der Waals surface area contributed by atoms with Crippen LogP contribution in [-0.2, 0) is 11.3 Å². The highest BCUT2D eigenvalue weighted by Crippen LogP contribution is 2.14. The largest absolute Gasteiger partial charge is 0.484 e. The fourth-order valence-electron chi connectivity index (χ4n) is 1.80. The lowest BCUT2D eigenvalue weighted by Crippen LogP contribution is -2.39. The molecule has 0 aliphatic rings. The van der Waals surface area contributed by atoms with Crippen molar-refractivity contribution in [3.8, 4) is 5.75 Å². The zero-order valence-electron chi connectivity index (χ0n) is 12.2. The SMILES string of the molecule is CCC(O)(CC)CNCc1ccc(OCC(N)=O)cc1. The molecule has 0 atom stereocenters. The first-order valence-electron chi connectivity index (χ1n) is 6.92. The van der Waals surface area contributed by atoms with Gasteiger partial charge in [0.05, 0.1) is 5.60 Å². The van der Waals surface area contributed by atoms with E-state index in [1.165, 1.54) is 0 Å². The number of hydrogen-bond acceptors (Lipinski definition) is 4. The van der Waals surface area contributed by atoms with Crippen LogP contribution in [0.25, 0.3) is 0 Å². The number of amides is 1. The lowest BCUT2D eigenvalue weighted by atomic mass is 9.97. The Balaban J connectivity index is 2.40. The minimum Gasteiger partial charge on any atom is -0.484 e. The maximum absolute atomic E-state index is 10.6. The Labute approximate surface area is 120 Å². The van der Waals surface area contributed by atoms with Crippen molar-refractivity contribution in [3.63, 3.8) is 0 Å². The molecular formula is C15H24N2O3. The lowest BCUT2D eigenvalue weighted by molar-refractivity contribution is -0.119. The van der Waals surface area contributed by atoms with Gasteiger partial charge in [-0.05, 0) is 30.5 Å². The van der Waals surface area contributed by atoms with Gasteiger partial charge >= 0.3 is 0 Å². The Morgan fingerprint density at radius 3 is 2.40 bits per heavy atom. The van der Waals surface area contributed by atoms with Gasteiger partial charge in [0.25, 0.3) is 5.91 Å². The average Bonchev–Trinajstić information content (AvgIpc) is 2.46. The van der Waals surface area contributed by atoms with Gasteiger partial charge in [0.2, 0.25) is 0 Å². The van der Waals surface area contributed by atoms with Gasteiger partial charge in [-0.1, -0.05) is 26.0 Å². The molecule has 5 heteroatoms. The summed E-state index contributed by atoms with van der Waals surface area (Å²) in [4.78, 5) is 10.6. The molecule has 0 aliphatic heterocycles. The van der Waals surface area contributed by atoms with E-state index in [9.17, 15) is 9.90 Å². The van der Waals surface area contributed by atoms with E-state index in [-0.39, 0.29) is 6.61 Å². The molecule has 1 amide bonds. The molecule has 0 unspecified atom stereocenters. The third-order valence-electron chi connectivity index (χ3n) is 3.40.